The number of hydrogen-bond acceptors (Lipinski definition) is 1. The molecule has 0 aromatic carbocycles. The molecule has 0 aliphatic heterocycles. The highest BCUT2D eigenvalue weighted by atomic mass is 15.3. The van der Waals surface area contributed by atoms with E-state index in [2.05, 4.69) is 46.4 Å². The average Bonchev–Trinajstić information content (AvgIpc) is 2.38. The fraction of sp³-hybridized carbons (Fsp3) is 1.00. The summed E-state index contributed by atoms with van der Waals surface area (Å²) < 4.78 is 0. The van der Waals surface area contributed by atoms with Gasteiger partial charge in [0.25, 0.3) is 0 Å². The molecule has 0 saturated heterocycles. The maximum atomic E-state index is 2.65. The lowest BCUT2D eigenvalue weighted by atomic mass is 9.96. The SMILES string of the molecule is CC(C)(C)N(C1CC1)C(C)(C)C. The first kappa shape index (κ1) is 10.0. The monoisotopic (exact) mass is 169 g/mol. The Kier molecular flexibility index (Phi) is 2.28. The fourth-order valence-electron chi connectivity index (χ4n) is 2.43. The Morgan fingerprint density at radius 2 is 1.17 bits per heavy atom. The molecule has 1 aliphatic carbocycles. The molecule has 0 amide bonds. The molecular formula is C11H23N. The van der Waals surface area contributed by atoms with E-state index in [0.717, 1.165) is 6.04 Å². The summed E-state index contributed by atoms with van der Waals surface area (Å²) in [6.07, 6.45) is 2.79. The highest BCUT2D eigenvalue weighted by Gasteiger charge is 2.41. The van der Waals surface area contributed by atoms with Gasteiger partial charge in [-0.2, -0.15) is 0 Å². The second-order valence-electron chi connectivity index (χ2n) is 5.94. The number of nitrogens with zero attached hydrogens (tertiary/aromatic N) is 1. The van der Waals surface area contributed by atoms with Crippen LogP contribution in [0.4, 0.5) is 0 Å². The van der Waals surface area contributed by atoms with E-state index in [1.165, 1.54) is 12.8 Å². The zero-order valence-corrected chi connectivity index (χ0v) is 9.44. The van der Waals surface area contributed by atoms with Crippen molar-refractivity contribution in [3.8, 4) is 0 Å². The van der Waals surface area contributed by atoms with Gasteiger partial charge >= 0.3 is 0 Å². The van der Waals surface area contributed by atoms with Crippen LogP contribution >= 0.6 is 0 Å². The molecular weight excluding hydrogens is 146 g/mol. The molecule has 1 nitrogen and oxygen atoms in total. The molecule has 1 heteroatoms. The van der Waals surface area contributed by atoms with Gasteiger partial charge < -0.3 is 0 Å². The van der Waals surface area contributed by atoms with Crippen molar-refractivity contribution < 1.29 is 0 Å². The van der Waals surface area contributed by atoms with Crippen LogP contribution in [0.3, 0.4) is 0 Å². The molecule has 0 N–H and O–H groups in total. The number of hydrogen-bond donors (Lipinski definition) is 0. The third-order valence-corrected chi connectivity index (χ3v) is 2.36. The van der Waals surface area contributed by atoms with Crippen LogP contribution in [0.2, 0.25) is 0 Å². The molecule has 0 bridgehead atoms. The summed E-state index contributed by atoms with van der Waals surface area (Å²) in [7, 11) is 0. The highest BCUT2D eigenvalue weighted by molar-refractivity contribution is 4.97. The van der Waals surface area contributed by atoms with E-state index in [1.54, 1.807) is 0 Å². The van der Waals surface area contributed by atoms with Gasteiger partial charge in [-0.3, -0.25) is 4.90 Å². The summed E-state index contributed by atoms with van der Waals surface area (Å²) in [6.45, 7) is 13.9. The Hall–Kier alpha value is -0.0400. The molecule has 0 aromatic heterocycles. The molecule has 1 fully saturated rings. The van der Waals surface area contributed by atoms with E-state index in [9.17, 15) is 0 Å². The molecule has 0 unspecified atom stereocenters. The predicted octanol–water partition coefficient (Wildman–Crippen LogP) is 3.05. The van der Waals surface area contributed by atoms with Crippen molar-refractivity contribution in [2.75, 3.05) is 0 Å². The van der Waals surface area contributed by atoms with E-state index in [-0.39, 0.29) is 0 Å². The Balaban J connectivity index is 2.74. The van der Waals surface area contributed by atoms with E-state index >= 15 is 0 Å². The quantitative estimate of drug-likeness (QED) is 0.583. The Labute approximate surface area is 77.1 Å². The lowest BCUT2D eigenvalue weighted by Crippen LogP contribution is -2.53. The normalized spacial score (nSPS) is 20.2. The van der Waals surface area contributed by atoms with Gasteiger partial charge in [-0.15, -0.1) is 0 Å². The predicted molar refractivity (Wildman–Crippen MR) is 54.4 cm³/mol. The minimum Gasteiger partial charge on any atom is -0.291 e. The molecule has 0 heterocycles. The third-order valence-electron chi connectivity index (χ3n) is 2.36. The summed E-state index contributed by atoms with van der Waals surface area (Å²) in [5.74, 6) is 0. The Bertz CT molecular complexity index is 141. The molecule has 72 valence electrons. The van der Waals surface area contributed by atoms with Gasteiger partial charge in [0.05, 0.1) is 0 Å². The molecule has 0 atom stereocenters. The zero-order chi connectivity index (χ0) is 9.57. The summed E-state index contributed by atoms with van der Waals surface area (Å²) in [4.78, 5) is 2.65. The minimum atomic E-state index is 0.319. The summed E-state index contributed by atoms with van der Waals surface area (Å²) >= 11 is 0. The van der Waals surface area contributed by atoms with Gasteiger partial charge in [-0.05, 0) is 54.4 Å². The molecule has 12 heavy (non-hydrogen) atoms. The van der Waals surface area contributed by atoms with Gasteiger partial charge in [0.15, 0.2) is 0 Å². The maximum absolute atomic E-state index is 2.65. The van der Waals surface area contributed by atoms with Crippen molar-refractivity contribution in [3.05, 3.63) is 0 Å². The standard InChI is InChI=1S/C11H23N/c1-10(2,3)12(9-7-8-9)11(4,5)6/h9H,7-8H2,1-6H3. The average molecular weight is 169 g/mol. The first-order chi connectivity index (χ1) is 5.23. The van der Waals surface area contributed by atoms with Gasteiger partial charge in [-0.1, -0.05) is 0 Å². The lowest BCUT2D eigenvalue weighted by Gasteiger charge is -2.45. The topological polar surface area (TPSA) is 3.24 Å². The first-order valence-electron chi connectivity index (χ1n) is 5.02. The van der Waals surface area contributed by atoms with Crippen molar-refractivity contribution in [1.82, 2.24) is 4.90 Å². The van der Waals surface area contributed by atoms with Crippen molar-refractivity contribution >= 4 is 0 Å². The third kappa shape index (κ3) is 2.22. The first-order valence-corrected chi connectivity index (χ1v) is 5.02. The Morgan fingerprint density at radius 1 is 0.833 bits per heavy atom. The van der Waals surface area contributed by atoms with Crippen molar-refractivity contribution in [2.45, 2.75) is 71.5 Å². The van der Waals surface area contributed by atoms with Crippen LogP contribution in [0.25, 0.3) is 0 Å². The second-order valence-corrected chi connectivity index (χ2v) is 5.94. The van der Waals surface area contributed by atoms with Crippen LogP contribution < -0.4 is 0 Å². The second kappa shape index (κ2) is 2.73. The largest absolute Gasteiger partial charge is 0.291 e. The maximum Gasteiger partial charge on any atom is 0.0133 e. The van der Waals surface area contributed by atoms with Crippen molar-refractivity contribution in [3.63, 3.8) is 0 Å². The van der Waals surface area contributed by atoms with E-state index in [4.69, 9.17) is 0 Å². The van der Waals surface area contributed by atoms with Gasteiger partial charge in [0, 0.05) is 17.1 Å². The zero-order valence-electron chi connectivity index (χ0n) is 9.44. The Morgan fingerprint density at radius 3 is 1.25 bits per heavy atom. The molecule has 1 saturated carbocycles. The van der Waals surface area contributed by atoms with E-state index in [1.807, 2.05) is 0 Å². The summed E-state index contributed by atoms with van der Waals surface area (Å²) in [6, 6.07) is 0.852. The van der Waals surface area contributed by atoms with Crippen LogP contribution in [0.5, 0.6) is 0 Å². The molecule has 0 spiro atoms. The van der Waals surface area contributed by atoms with Crippen LogP contribution in [-0.2, 0) is 0 Å². The van der Waals surface area contributed by atoms with E-state index < -0.39 is 0 Å². The van der Waals surface area contributed by atoms with Gasteiger partial charge in [0.1, 0.15) is 0 Å². The van der Waals surface area contributed by atoms with Crippen LogP contribution in [0, 0.1) is 0 Å². The molecule has 1 aliphatic rings. The molecule has 1 rings (SSSR count). The minimum absolute atomic E-state index is 0.319. The molecule has 0 radical (unpaired) electrons. The summed E-state index contributed by atoms with van der Waals surface area (Å²) in [5.41, 5.74) is 0.638. The fourth-order valence-corrected chi connectivity index (χ4v) is 2.43. The van der Waals surface area contributed by atoms with Crippen molar-refractivity contribution in [1.29, 1.82) is 0 Å². The van der Waals surface area contributed by atoms with Gasteiger partial charge in [0.2, 0.25) is 0 Å². The van der Waals surface area contributed by atoms with Crippen LogP contribution in [0.15, 0.2) is 0 Å². The smallest absolute Gasteiger partial charge is 0.0133 e. The highest BCUT2D eigenvalue weighted by Crippen LogP contribution is 2.38. The van der Waals surface area contributed by atoms with E-state index in [0.29, 0.717) is 11.1 Å². The van der Waals surface area contributed by atoms with Gasteiger partial charge in [-0.25, -0.2) is 0 Å². The number of rotatable bonds is 1. The van der Waals surface area contributed by atoms with Crippen molar-refractivity contribution in [2.24, 2.45) is 0 Å². The van der Waals surface area contributed by atoms with Crippen LogP contribution in [-0.4, -0.2) is 22.0 Å². The summed E-state index contributed by atoms with van der Waals surface area (Å²) in [5, 5.41) is 0. The lowest BCUT2D eigenvalue weighted by molar-refractivity contribution is 0.0296. The van der Waals surface area contributed by atoms with Crippen LogP contribution in [0.1, 0.15) is 54.4 Å². The molecule has 0 aromatic rings.